The third kappa shape index (κ3) is 5.31. The van der Waals surface area contributed by atoms with Gasteiger partial charge in [0.05, 0.1) is 17.3 Å². The molecule has 0 aliphatic heterocycles. The zero-order valence-electron chi connectivity index (χ0n) is 14.1. The number of carbonyl (C=O) groups is 1. The van der Waals surface area contributed by atoms with Gasteiger partial charge in [-0.3, -0.25) is 4.79 Å². The summed E-state index contributed by atoms with van der Waals surface area (Å²) in [5.41, 5.74) is 1.86. The Balaban J connectivity index is 1.70. The molecule has 1 aromatic carbocycles. The summed E-state index contributed by atoms with van der Waals surface area (Å²) in [4.78, 5) is 19.5. The first kappa shape index (κ1) is 18.4. The lowest BCUT2D eigenvalue weighted by Crippen LogP contribution is -2.33. The topological polar surface area (TPSA) is 95.2 Å². The molecule has 2 N–H and O–H groups in total. The van der Waals surface area contributed by atoms with Gasteiger partial charge in [-0.1, -0.05) is 19.1 Å². The third-order valence-corrected chi connectivity index (χ3v) is 5.13. The maximum Gasteiger partial charge on any atom is 0.220 e. The number of hydrogen-bond donors (Lipinski definition) is 2. The van der Waals surface area contributed by atoms with E-state index in [9.17, 15) is 13.2 Å². The summed E-state index contributed by atoms with van der Waals surface area (Å²) in [5, 5.41) is 2.82. The molecule has 0 bridgehead atoms. The summed E-state index contributed by atoms with van der Waals surface area (Å²) >= 11 is 0. The molecule has 132 valence electrons. The van der Waals surface area contributed by atoms with Crippen molar-refractivity contribution in [3.05, 3.63) is 30.1 Å². The molecule has 1 aromatic heterocycles. The molecule has 24 heavy (non-hydrogen) atoms. The molecule has 0 aliphatic rings. The van der Waals surface area contributed by atoms with Crippen molar-refractivity contribution in [1.82, 2.24) is 19.6 Å². The lowest BCUT2D eigenvalue weighted by Gasteiger charge is -2.17. The minimum atomic E-state index is -3.17. The quantitative estimate of drug-likeness (QED) is 0.665. The van der Waals surface area contributed by atoms with E-state index in [0.717, 1.165) is 16.9 Å². The third-order valence-electron chi connectivity index (χ3n) is 3.76. The number of imidazole rings is 1. The van der Waals surface area contributed by atoms with Crippen LogP contribution >= 0.6 is 0 Å². The molecule has 1 amide bonds. The van der Waals surface area contributed by atoms with Crippen LogP contribution in [0.2, 0.25) is 0 Å². The minimum Gasteiger partial charge on any atom is -0.356 e. The van der Waals surface area contributed by atoms with E-state index >= 15 is 0 Å². The zero-order chi connectivity index (χ0) is 17.6. The molecule has 0 fully saturated rings. The standard InChI is InChI=1S/C16H24N4O3S/c1-3-20(24(2,22)23)12-6-11-17-16(21)10-9-15-18-13-7-4-5-8-14(13)19-15/h4-5,7-8H,3,6,9-12H2,1-2H3,(H,17,21)(H,18,19). The molecule has 7 nitrogen and oxygen atoms in total. The predicted octanol–water partition coefficient (Wildman–Crippen LogP) is 1.28. The number of H-pyrrole nitrogens is 1. The van der Waals surface area contributed by atoms with Crippen molar-refractivity contribution in [2.24, 2.45) is 0 Å². The van der Waals surface area contributed by atoms with Gasteiger partial charge >= 0.3 is 0 Å². The van der Waals surface area contributed by atoms with Gasteiger partial charge in [0.25, 0.3) is 0 Å². The number of aromatic amines is 1. The van der Waals surface area contributed by atoms with E-state index < -0.39 is 10.0 Å². The average molecular weight is 352 g/mol. The smallest absolute Gasteiger partial charge is 0.220 e. The summed E-state index contributed by atoms with van der Waals surface area (Å²) < 4.78 is 24.3. The number of benzene rings is 1. The Hall–Kier alpha value is -1.93. The van der Waals surface area contributed by atoms with Crippen LogP contribution in [0, 0.1) is 0 Å². The van der Waals surface area contributed by atoms with Crippen LogP contribution < -0.4 is 5.32 Å². The van der Waals surface area contributed by atoms with E-state index in [1.165, 1.54) is 10.6 Å². The highest BCUT2D eigenvalue weighted by Crippen LogP contribution is 2.11. The van der Waals surface area contributed by atoms with Crippen molar-refractivity contribution >= 4 is 27.0 Å². The Morgan fingerprint density at radius 1 is 1.33 bits per heavy atom. The SMILES string of the molecule is CCN(CCCNC(=O)CCc1nc2ccccc2[nH]1)S(C)(=O)=O. The lowest BCUT2D eigenvalue weighted by atomic mass is 10.3. The highest BCUT2D eigenvalue weighted by atomic mass is 32.2. The highest BCUT2D eigenvalue weighted by molar-refractivity contribution is 7.88. The average Bonchev–Trinajstić information content (AvgIpc) is 2.94. The molecule has 8 heteroatoms. The van der Waals surface area contributed by atoms with Crippen molar-refractivity contribution in [2.45, 2.75) is 26.2 Å². The van der Waals surface area contributed by atoms with E-state index in [0.29, 0.717) is 38.9 Å². The highest BCUT2D eigenvalue weighted by Gasteiger charge is 2.13. The van der Waals surface area contributed by atoms with E-state index in [1.807, 2.05) is 24.3 Å². The van der Waals surface area contributed by atoms with Crippen molar-refractivity contribution in [2.75, 3.05) is 25.9 Å². The first-order valence-electron chi connectivity index (χ1n) is 8.05. The van der Waals surface area contributed by atoms with E-state index in [1.54, 1.807) is 6.92 Å². The number of nitrogens with zero attached hydrogens (tertiary/aromatic N) is 2. The number of rotatable bonds is 9. The first-order chi connectivity index (χ1) is 11.4. The minimum absolute atomic E-state index is 0.0575. The van der Waals surface area contributed by atoms with Crippen molar-refractivity contribution in [3.63, 3.8) is 0 Å². The van der Waals surface area contributed by atoms with Gasteiger partial charge in [0.15, 0.2) is 0 Å². The van der Waals surface area contributed by atoms with E-state index in [2.05, 4.69) is 15.3 Å². The number of sulfonamides is 1. The molecule has 2 rings (SSSR count). The van der Waals surface area contributed by atoms with Gasteiger partial charge in [0.2, 0.25) is 15.9 Å². The van der Waals surface area contributed by atoms with Gasteiger partial charge in [0.1, 0.15) is 5.82 Å². The van der Waals surface area contributed by atoms with Crippen molar-refractivity contribution in [1.29, 1.82) is 0 Å². The second kappa shape index (κ2) is 8.25. The largest absolute Gasteiger partial charge is 0.356 e. The van der Waals surface area contributed by atoms with E-state index in [4.69, 9.17) is 0 Å². The Morgan fingerprint density at radius 2 is 2.08 bits per heavy atom. The van der Waals surface area contributed by atoms with Gasteiger partial charge in [0, 0.05) is 32.5 Å². The molecular formula is C16H24N4O3S. The second-order valence-electron chi connectivity index (χ2n) is 5.66. The van der Waals surface area contributed by atoms with E-state index in [-0.39, 0.29) is 5.91 Å². The molecule has 2 aromatic rings. The predicted molar refractivity (Wildman–Crippen MR) is 94.1 cm³/mol. The number of nitrogens with one attached hydrogen (secondary N) is 2. The number of carbonyl (C=O) groups excluding carboxylic acids is 1. The lowest BCUT2D eigenvalue weighted by molar-refractivity contribution is -0.121. The van der Waals surface area contributed by atoms with Crippen LogP contribution in [0.4, 0.5) is 0 Å². The molecule has 0 aliphatic carbocycles. The Morgan fingerprint density at radius 3 is 2.75 bits per heavy atom. The molecule has 0 atom stereocenters. The molecular weight excluding hydrogens is 328 g/mol. The van der Waals surface area contributed by atoms with Gasteiger partial charge in [-0.15, -0.1) is 0 Å². The van der Waals surface area contributed by atoms with Crippen LogP contribution in [0.5, 0.6) is 0 Å². The van der Waals surface area contributed by atoms with Crippen LogP contribution in [0.15, 0.2) is 24.3 Å². The summed E-state index contributed by atoms with van der Waals surface area (Å²) in [6.45, 7) is 3.12. The van der Waals surface area contributed by atoms with Gasteiger partial charge < -0.3 is 10.3 Å². The summed E-state index contributed by atoms with van der Waals surface area (Å²) in [6, 6.07) is 7.74. The Labute approximate surface area is 142 Å². The summed E-state index contributed by atoms with van der Waals surface area (Å²) in [5.74, 6) is 0.735. The number of aryl methyl sites for hydroxylation is 1. The van der Waals surface area contributed by atoms with Crippen molar-refractivity contribution < 1.29 is 13.2 Å². The number of aromatic nitrogens is 2. The fraction of sp³-hybridized carbons (Fsp3) is 0.500. The van der Waals surface area contributed by atoms with Crippen LogP contribution in [-0.2, 0) is 21.2 Å². The zero-order valence-corrected chi connectivity index (χ0v) is 14.9. The maximum atomic E-state index is 11.9. The van der Waals surface area contributed by atoms with Crippen LogP contribution in [0.1, 0.15) is 25.6 Å². The molecule has 0 radical (unpaired) electrons. The second-order valence-corrected chi connectivity index (χ2v) is 7.64. The number of hydrogen-bond acceptors (Lipinski definition) is 4. The van der Waals surface area contributed by atoms with Crippen LogP contribution in [-0.4, -0.2) is 54.5 Å². The number of para-hydroxylation sites is 2. The number of fused-ring (bicyclic) bond motifs is 1. The first-order valence-corrected chi connectivity index (χ1v) is 9.90. The molecule has 0 spiro atoms. The maximum absolute atomic E-state index is 11.9. The van der Waals surface area contributed by atoms with Gasteiger partial charge in [-0.2, -0.15) is 0 Å². The summed E-state index contributed by atoms with van der Waals surface area (Å²) in [6.07, 6.45) is 2.69. The fourth-order valence-corrected chi connectivity index (χ4v) is 3.42. The van der Waals surface area contributed by atoms with Crippen LogP contribution in [0.25, 0.3) is 11.0 Å². The fourth-order valence-electron chi connectivity index (χ4n) is 2.49. The number of amides is 1. The monoisotopic (exact) mass is 352 g/mol. The summed E-state index contributed by atoms with van der Waals surface area (Å²) in [7, 11) is -3.17. The van der Waals surface area contributed by atoms with Crippen molar-refractivity contribution in [3.8, 4) is 0 Å². The molecule has 0 saturated heterocycles. The van der Waals surface area contributed by atoms with Crippen LogP contribution in [0.3, 0.4) is 0 Å². The van der Waals surface area contributed by atoms with Gasteiger partial charge in [-0.05, 0) is 18.6 Å². The Kier molecular flexibility index (Phi) is 6.33. The molecule has 0 unspecified atom stereocenters. The molecule has 1 heterocycles. The van der Waals surface area contributed by atoms with Gasteiger partial charge in [-0.25, -0.2) is 17.7 Å². The normalized spacial score (nSPS) is 12.0. The molecule has 0 saturated carbocycles. The Bertz CT molecular complexity index is 752.